The van der Waals surface area contributed by atoms with Crippen LogP contribution in [0.1, 0.15) is 62.3 Å². The van der Waals surface area contributed by atoms with Crippen LogP contribution in [0.4, 0.5) is 0 Å². The van der Waals surface area contributed by atoms with E-state index < -0.39 is 40.1 Å². The Balaban J connectivity index is 6.45. The van der Waals surface area contributed by atoms with Gasteiger partial charge in [-0.1, -0.05) is 62.3 Å². The Morgan fingerprint density at radius 1 is 0.875 bits per heavy atom. The minimum Gasteiger partial charge on any atom is -0.481 e. The van der Waals surface area contributed by atoms with Crippen molar-refractivity contribution in [1.29, 1.82) is 0 Å². The molecule has 0 aromatic heterocycles. The van der Waals surface area contributed by atoms with Crippen molar-refractivity contribution in [2.45, 2.75) is 62.3 Å². The highest BCUT2D eigenvalue weighted by atomic mass is 16.5. The summed E-state index contributed by atoms with van der Waals surface area (Å²) in [5.74, 6) is -5.25. The predicted molar refractivity (Wildman–Crippen MR) is 90.5 cm³/mol. The van der Waals surface area contributed by atoms with Crippen LogP contribution in [0.5, 0.6) is 0 Å². The third-order valence-electron chi connectivity index (χ3n) is 4.02. The van der Waals surface area contributed by atoms with E-state index in [1.165, 1.54) is 0 Å². The van der Waals surface area contributed by atoms with E-state index in [1.807, 2.05) is 20.8 Å². The Hall–Kier alpha value is -1.59. The molecule has 0 spiro atoms. The van der Waals surface area contributed by atoms with E-state index in [4.69, 9.17) is 4.74 Å². The summed E-state index contributed by atoms with van der Waals surface area (Å²) >= 11 is 0. The molecule has 0 rings (SSSR count). The molecule has 24 heavy (non-hydrogen) atoms. The fourth-order valence-corrected chi connectivity index (χ4v) is 2.99. The summed E-state index contributed by atoms with van der Waals surface area (Å²) in [6.45, 7) is 15.1. The summed E-state index contributed by atoms with van der Waals surface area (Å²) in [4.78, 5) is 37.2. The minimum atomic E-state index is -2.21. The third-order valence-corrected chi connectivity index (χ3v) is 4.02. The summed E-state index contributed by atoms with van der Waals surface area (Å²) in [6, 6.07) is 0. The number of carboxylic acid groups (broad SMARTS) is 2. The standard InChI is InChI=1S/C18H32O6/c1-15(2,3)10-24-14(23)18(13(21)22,17(7,8)9)11(12(19)20)16(4,5)6/h11H,10H2,1-9H3,(H,19,20)(H,21,22). The van der Waals surface area contributed by atoms with Gasteiger partial charge in [0, 0.05) is 0 Å². The maximum absolute atomic E-state index is 12.9. The molecule has 0 aliphatic carbocycles. The molecule has 0 amide bonds. The Kier molecular flexibility index (Phi) is 6.28. The molecule has 0 heterocycles. The van der Waals surface area contributed by atoms with Crippen molar-refractivity contribution in [3.8, 4) is 0 Å². The molecular formula is C18H32O6. The third kappa shape index (κ3) is 4.48. The minimum absolute atomic E-state index is 0.00737. The Bertz CT molecular complexity index is 501. The molecule has 2 atom stereocenters. The molecule has 0 aromatic rings. The monoisotopic (exact) mass is 344 g/mol. The van der Waals surface area contributed by atoms with Gasteiger partial charge >= 0.3 is 17.9 Å². The highest BCUT2D eigenvalue weighted by Gasteiger charge is 2.66. The van der Waals surface area contributed by atoms with Crippen LogP contribution in [0.3, 0.4) is 0 Å². The highest BCUT2D eigenvalue weighted by molar-refractivity contribution is 6.04. The second-order valence-electron chi connectivity index (χ2n) is 9.64. The molecule has 6 nitrogen and oxygen atoms in total. The van der Waals surface area contributed by atoms with Gasteiger partial charge in [-0.05, 0) is 16.2 Å². The second-order valence-corrected chi connectivity index (χ2v) is 9.64. The first-order chi connectivity index (χ1) is 10.4. The largest absolute Gasteiger partial charge is 0.481 e. The molecule has 0 aliphatic rings. The quantitative estimate of drug-likeness (QED) is 0.585. The molecule has 140 valence electrons. The lowest BCUT2D eigenvalue weighted by Crippen LogP contribution is -2.61. The average molecular weight is 344 g/mol. The number of ether oxygens (including phenoxy) is 1. The van der Waals surface area contributed by atoms with Crippen LogP contribution in [-0.2, 0) is 19.1 Å². The summed E-state index contributed by atoms with van der Waals surface area (Å²) in [6.07, 6.45) is 0. The smallest absolute Gasteiger partial charge is 0.324 e. The summed E-state index contributed by atoms with van der Waals surface area (Å²) in [7, 11) is 0. The van der Waals surface area contributed by atoms with Gasteiger partial charge in [0.25, 0.3) is 0 Å². The van der Waals surface area contributed by atoms with Gasteiger partial charge in [0.1, 0.15) is 0 Å². The van der Waals surface area contributed by atoms with Gasteiger partial charge < -0.3 is 14.9 Å². The summed E-state index contributed by atoms with van der Waals surface area (Å²) in [5, 5.41) is 19.7. The molecule has 2 unspecified atom stereocenters. The Morgan fingerprint density at radius 3 is 1.50 bits per heavy atom. The highest BCUT2D eigenvalue weighted by Crippen LogP contribution is 2.52. The first-order valence-electron chi connectivity index (χ1n) is 8.02. The van der Waals surface area contributed by atoms with Gasteiger partial charge in [0.2, 0.25) is 0 Å². The molecule has 0 aliphatic heterocycles. The number of rotatable bonds is 5. The van der Waals surface area contributed by atoms with E-state index >= 15 is 0 Å². The molecule has 0 saturated carbocycles. The number of hydrogen-bond acceptors (Lipinski definition) is 4. The average Bonchev–Trinajstić information content (AvgIpc) is 2.27. The molecule has 0 bridgehead atoms. The van der Waals surface area contributed by atoms with Gasteiger partial charge in [-0.2, -0.15) is 0 Å². The van der Waals surface area contributed by atoms with Gasteiger partial charge in [0.05, 0.1) is 12.5 Å². The van der Waals surface area contributed by atoms with Crippen LogP contribution in [0.15, 0.2) is 0 Å². The molecule has 2 N–H and O–H groups in total. The fraction of sp³-hybridized carbons (Fsp3) is 0.833. The number of esters is 1. The second kappa shape index (κ2) is 6.73. The van der Waals surface area contributed by atoms with Crippen molar-refractivity contribution < 1.29 is 29.3 Å². The van der Waals surface area contributed by atoms with Crippen LogP contribution in [0.2, 0.25) is 0 Å². The Labute approximate surface area is 144 Å². The normalized spacial score (nSPS) is 16.9. The molecule has 0 fully saturated rings. The number of carboxylic acids is 2. The van der Waals surface area contributed by atoms with Gasteiger partial charge in [0.15, 0.2) is 5.41 Å². The van der Waals surface area contributed by atoms with Crippen molar-refractivity contribution in [1.82, 2.24) is 0 Å². The maximum Gasteiger partial charge on any atom is 0.324 e. The molecule has 0 radical (unpaired) electrons. The van der Waals surface area contributed by atoms with Crippen LogP contribution in [0.25, 0.3) is 0 Å². The number of hydrogen-bond donors (Lipinski definition) is 2. The predicted octanol–water partition coefficient (Wildman–Crippen LogP) is 3.44. The van der Waals surface area contributed by atoms with Crippen LogP contribution in [0, 0.1) is 27.6 Å². The van der Waals surface area contributed by atoms with E-state index in [0.29, 0.717) is 0 Å². The van der Waals surface area contributed by atoms with Gasteiger partial charge in [-0.15, -0.1) is 0 Å². The van der Waals surface area contributed by atoms with Crippen LogP contribution in [-0.4, -0.2) is 34.7 Å². The van der Waals surface area contributed by atoms with Crippen molar-refractivity contribution in [3.63, 3.8) is 0 Å². The number of aliphatic carboxylic acids is 2. The van der Waals surface area contributed by atoms with E-state index in [0.717, 1.165) is 0 Å². The van der Waals surface area contributed by atoms with Crippen molar-refractivity contribution >= 4 is 17.9 Å². The van der Waals surface area contributed by atoms with Crippen molar-refractivity contribution in [2.75, 3.05) is 6.61 Å². The van der Waals surface area contributed by atoms with E-state index in [9.17, 15) is 24.6 Å². The lowest BCUT2D eigenvalue weighted by atomic mass is 9.53. The first kappa shape index (κ1) is 22.4. The zero-order valence-corrected chi connectivity index (χ0v) is 16.3. The SMILES string of the molecule is CC(C)(C)COC(=O)C(C(=O)O)(C(C(=O)O)C(C)(C)C)C(C)(C)C. The summed E-state index contributed by atoms with van der Waals surface area (Å²) < 4.78 is 5.30. The van der Waals surface area contributed by atoms with E-state index in [-0.39, 0.29) is 12.0 Å². The lowest BCUT2D eigenvalue weighted by Gasteiger charge is -2.47. The molecule has 0 saturated heterocycles. The maximum atomic E-state index is 12.9. The summed E-state index contributed by atoms with van der Waals surface area (Å²) in [5.41, 5.74) is -4.69. The number of carbonyl (C=O) groups is 3. The van der Waals surface area contributed by atoms with E-state index in [1.54, 1.807) is 41.5 Å². The van der Waals surface area contributed by atoms with Gasteiger partial charge in [-0.3, -0.25) is 14.4 Å². The zero-order valence-electron chi connectivity index (χ0n) is 16.3. The van der Waals surface area contributed by atoms with E-state index in [2.05, 4.69) is 0 Å². The lowest BCUT2D eigenvalue weighted by molar-refractivity contribution is -0.198. The Morgan fingerprint density at radius 2 is 1.29 bits per heavy atom. The molecule has 0 aromatic carbocycles. The van der Waals surface area contributed by atoms with Crippen molar-refractivity contribution in [3.05, 3.63) is 0 Å². The zero-order chi connectivity index (χ0) is 19.7. The fourth-order valence-electron chi connectivity index (χ4n) is 2.99. The molecular weight excluding hydrogens is 312 g/mol. The van der Waals surface area contributed by atoms with Gasteiger partial charge in [-0.25, -0.2) is 0 Å². The van der Waals surface area contributed by atoms with Crippen LogP contribution < -0.4 is 0 Å². The topological polar surface area (TPSA) is 101 Å². The van der Waals surface area contributed by atoms with Crippen LogP contribution >= 0.6 is 0 Å². The number of carbonyl (C=O) groups excluding carboxylic acids is 1. The molecule has 6 heteroatoms. The van der Waals surface area contributed by atoms with Crippen molar-refractivity contribution in [2.24, 2.45) is 27.6 Å². The first-order valence-corrected chi connectivity index (χ1v) is 8.02.